The Hall–Kier alpha value is -2.17. The highest BCUT2D eigenvalue weighted by Gasteiger charge is 2.68. The number of Topliss-reactive ketones (excluding diaryl/α,β-unsaturated/α-hetero) is 1. The van der Waals surface area contributed by atoms with Gasteiger partial charge in [-0.15, -0.1) is 13.2 Å². The van der Waals surface area contributed by atoms with Gasteiger partial charge in [-0.3, -0.25) is 14.3 Å². The van der Waals surface area contributed by atoms with Crippen molar-refractivity contribution in [1.82, 2.24) is 5.32 Å². The van der Waals surface area contributed by atoms with Gasteiger partial charge in [-0.05, 0) is 43.7 Å². The van der Waals surface area contributed by atoms with Gasteiger partial charge in [0, 0.05) is 36.8 Å². The van der Waals surface area contributed by atoms with Gasteiger partial charge in [0.2, 0.25) is 0 Å². The second kappa shape index (κ2) is 8.20. The number of ether oxygens (including phenoxy) is 3. The van der Waals surface area contributed by atoms with Crippen LogP contribution in [-0.4, -0.2) is 53.6 Å². The molecule has 4 fully saturated rings. The molecule has 2 bridgehead atoms. The number of carbonyl (C=O) groups is 2. The van der Waals surface area contributed by atoms with E-state index in [0.29, 0.717) is 37.0 Å². The van der Waals surface area contributed by atoms with Gasteiger partial charge in [-0.2, -0.15) is 0 Å². The molecule has 186 valence electrons. The van der Waals surface area contributed by atoms with Crippen LogP contribution in [-0.2, 0) is 19.1 Å². The number of aliphatic hydroxyl groups excluding tert-OH is 1. The maximum absolute atomic E-state index is 12.8. The number of fused-ring (bicyclic) bond motifs is 1. The van der Waals surface area contributed by atoms with Gasteiger partial charge in [0.1, 0.15) is 12.4 Å². The van der Waals surface area contributed by atoms with E-state index >= 15 is 0 Å². The zero-order valence-corrected chi connectivity index (χ0v) is 18.8. The lowest BCUT2D eigenvalue weighted by Gasteiger charge is -2.70. The summed E-state index contributed by atoms with van der Waals surface area (Å²) in [4.78, 5) is 25.1. The average Bonchev–Trinajstić information content (AvgIpc) is 2.66. The van der Waals surface area contributed by atoms with E-state index in [2.05, 4.69) is 10.1 Å². The van der Waals surface area contributed by atoms with Crippen molar-refractivity contribution in [3.8, 4) is 5.75 Å². The van der Waals surface area contributed by atoms with Gasteiger partial charge in [-0.25, -0.2) is 0 Å². The summed E-state index contributed by atoms with van der Waals surface area (Å²) in [5, 5.41) is 13.5. The van der Waals surface area contributed by atoms with Crippen LogP contribution in [0.15, 0.2) is 18.2 Å². The lowest BCUT2D eigenvalue weighted by atomic mass is 9.38. The first-order chi connectivity index (χ1) is 15.9. The van der Waals surface area contributed by atoms with E-state index < -0.39 is 24.7 Å². The van der Waals surface area contributed by atoms with E-state index in [4.69, 9.17) is 9.47 Å². The van der Waals surface area contributed by atoms with E-state index in [1.807, 2.05) is 19.1 Å². The summed E-state index contributed by atoms with van der Waals surface area (Å²) in [6, 6.07) is 5.50. The maximum atomic E-state index is 12.8. The van der Waals surface area contributed by atoms with Crippen molar-refractivity contribution in [3.63, 3.8) is 0 Å². The van der Waals surface area contributed by atoms with Crippen molar-refractivity contribution in [2.24, 2.45) is 5.41 Å². The van der Waals surface area contributed by atoms with Crippen LogP contribution in [0.4, 0.5) is 13.2 Å². The second-order valence-corrected chi connectivity index (χ2v) is 10.5. The Morgan fingerprint density at radius 1 is 1.18 bits per heavy atom. The van der Waals surface area contributed by atoms with E-state index in [1.54, 1.807) is 6.07 Å². The summed E-state index contributed by atoms with van der Waals surface area (Å²) >= 11 is 0. The molecule has 4 saturated carbocycles. The lowest BCUT2D eigenvalue weighted by Crippen LogP contribution is -2.75. The van der Waals surface area contributed by atoms with E-state index in [-0.39, 0.29) is 54.6 Å². The highest BCUT2D eigenvalue weighted by Crippen LogP contribution is 2.69. The number of amides is 1. The number of aliphatic hydroxyl groups is 1. The van der Waals surface area contributed by atoms with Crippen LogP contribution in [0.2, 0.25) is 0 Å². The molecule has 0 unspecified atom stereocenters. The SMILES string of the molecule is Cc1ccc2c(c1)[C@H](O)C[C@H](C(=O)NC13CC(CC(=O)COC4CC(OC(F)(F)F)C4)(C1)C3)O2. The van der Waals surface area contributed by atoms with Gasteiger partial charge in [0.05, 0.1) is 18.3 Å². The molecule has 2 atom stereocenters. The summed E-state index contributed by atoms with van der Waals surface area (Å²) in [7, 11) is 0. The van der Waals surface area contributed by atoms with Gasteiger partial charge >= 0.3 is 6.36 Å². The molecule has 1 amide bonds. The number of carbonyl (C=O) groups excluding carboxylic acids is 2. The highest BCUT2D eigenvalue weighted by atomic mass is 19.4. The van der Waals surface area contributed by atoms with Crippen molar-refractivity contribution in [2.75, 3.05) is 6.61 Å². The number of alkyl halides is 3. The van der Waals surface area contributed by atoms with Crippen molar-refractivity contribution < 1.29 is 42.1 Å². The number of nitrogens with one attached hydrogen (secondary N) is 1. The molecule has 1 aliphatic heterocycles. The van der Waals surface area contributed by atoms with Crippen LogP contribution < -0.4 is 10.1 Å². The molecule has 2 N–H and O–H groups in total. The molecule has 5 aliphatic rings. The van der Waals surface area contributed by atoms with Gasteiger partial charge in [-0.1, -0.05) is 11.6 Å². The van der Waals surface area contributed by atoms with Gasteiger partial charge in [0.15, 0.2) is 11.9 Å². The van der Waals surface area contributed by atoms with Gasteiger partial charge in [0.25, 0.3) is 5.91 Å². The number of hydrogen-bond donors (Lipinski definition) is 2. The molecule has 1 heterocycles. The number of benzene rings is 1. The third-order valence-corrected chi connectivity index (χ3v) is 7.46. The molecule has 6 rings (SSSR count). The number of aryl methyl sites for hydroxylation is 1. The fourth-order valence-electron chi connectivity index (χ4n) is 6.01. The zero-order valence-electron chi connectivity index (χ0n) is 18.8. The molecule has 0 aromatic heterocycles. The smallest absolute Gasteiger partial charge is 0.480 e. The lowest BCUT2D eigenvalue weighted by molar-refractivity contribution is -0.357. The second-order valence-electron chi connectivity index (χ2n) is 10.5. The van der Waals surface area contributed by atoms with Crippen LogP contribution in [0.1, 0.15) is 62.2 Å². The summed E-state index contributed by atoms with van der Waals surface area (Å²) in [6.45, 7) is 1.81. The largest absolute Gasteiger partial charge is 0.522 e. The molecule has 0 saturated heterocycles. The fourth-order valence-corrected chi connectivity index (χ4v) is 6.01. The van der Waals surface area contributed by atoms with Crippen LogP contribution in [0.3, 0.4) is 0 Å². The van der Waals surface area contributed by atoms with E-state index in [0.717, 1.165) is 5.56 Å². The van der Waals surface area contributed by atoms with Crippen molar-refractivity contribution in [3.05, 3.63) is 29.3 Å². The Kier molecular flexibility index (Phi) is 5.69. The Morgan fingerprint density at radius 2 is 1.88 bits per heavy atom. The van der Waals surface area contributed by atoms with E-state index in [9.17, 15) is 27.9 Å². The normalized spacial score (nSPS) is 35.7. The molecule has 0 spiro atoms. The Morgan fingerprint density at radius 3 is 2.56 bits per heavy atom. The summed E-state index contributed by atoms with van der Waals surface area (Å²) in [5.74, 6) is 0.186. The average molecular weight is 483 g/mol. The fraction of sp³-hybridized carbons (Fsp3) is 0.667. The predicted octanol–water partition coefficient (Wildman–Crippen LogP) is 3.26. The molecule has 0 radical (unpaired) electrons. The summed E-state index contributed by atoms with van der Waals surface area (Å²) in [5.41, 5.74) is 1.25. The minimum Gasteiger partial charge on any atom is -0.480 e. The first kappa shape index (κ1) is 23.6. The summed E-state index contributed by atoms with van der Waals surface area (Å²) < 4.78 is 51.6. The van der Waals surface area contributed by atoms with Crippen LogP contribution >= 0.6 is 0 Å². The highest BCUT2D eigenvalue weighted by molar-refractivity contribution is 5.84. The molecule has 7 nitrogen and oxygen atoms in total. The molecule has 34 heavy (non-hydrogen) atoms. The van der Waals surface area contributed by atoms with Crippen LogP contribution in [0.25, 0.3) is 0 Å². The maximum Gasteiger partial charge on any atom is 0.522 e. The standard InChI is InChI=1S/C24H28F3NO6/c1-13-2-3-19-17(4-13)18(30)7-20(33-19)21(31)28-23-10-22(11-23,12-23)8-14(29)9-32-15-5-16(6-15)34-24(25,26)27/h2-4,15-16,18,20,30H,5-12H2,1H3,(H,28,31)/t15?,16?,18-,20-,22?,23?/m1/s1. The predicted molar refractivity (Wildman–Crippen MR) is 112 cm³/mol. The minimum atomic E-state index is -4.65. The third-order valence-electron chi connectivity index (χ3n) is 7.46. The molecular formula is C24H28F3NO6. The molecule has 1 aromatic rings. The van der Waals surface area contributed by atoms with Crippen LogP contribution in [0, 0.1) is 12.3 Å². The molecule has 10 heteroatoms. The molecule has 4 aliphatic carbocycles. The molecular weight excluding hydrogens is 455 g/mol. The Bertz CT molecular complexity index is 970. The summed E-state index contributed by atoms with van der Waals surface area (Å²) in [6.07, 6.45) is -4.55. The van der Waals surface area contributed by atoms with Crippen LogP contribution in [0.5, 0.6) is 5.75 Å². The quantitative estimate of drug-likeness (QED) is 0.590. The monoisotopic (exact) mass is 483 g/mol. The zero-order chi connectivity index (χ0) is 24.3. The number of hydrogen-bond acceptors (Lipinski definition) is 6. The molecule has 1 aromatic carbocycles. The third kappa shape index (κ3) is 4.67. The van der Waals surface area contributed by atoms with Crippen molar-refractivity contribution in [2.45, 2.75) is 88.2 Å². The first-order valence-electron chi connectivity index (χ1n) is 11.6. The number of halogens is 3. The Labute approximate surface area is 194 Å². The van der Waals surface area contributed by atoms with Crippen molar-refractivity contribution >= 4 is 11.7 Å². The van der Waals surface area contributed by atoms with E-state index in [1.165, 1.54) is 0 Å². The first-order valence-corrected chi connectivity index (χ1v) is 11.6. The topological polar surface area (TPSA) is 94.1 Å². The minimum absolute atomic E-state index is 0.0783. The number of rotatable bonds is 8. The number of ketones is 1. The van der Waals surface area contributed by atoms with Gasteiger partial charge < -0.3 is 19.9 Å². The Balaban J connectivity index is 1.03. The van der Waals surface area contributed by atoms with Crippen molar-refractivity contribution in [1.29, 1.82) is 0 Å².